The fraction of sp³-hybridized carbons (Fsp3) is 0.133. The standard InChI is InChI=1S/C30H24Cl2N2O4/c1-3-18-6-12-26-25(14-18)34-30(38-26)21-7-11-23(32)24(15-21)33-29(35)20-8-13-27(28(16-20)36-2)37-17-19-4-9-22(31)10-5-19/h4-16H,3,17H2,1-2H3,(H,33,35). The Morgan fingerprint density at radius 3 is 2.47 bits per heavy atom. The maximum atomic E-state index is 13.1. The molecule has 192 valence electrons. The van der Waals surface area contributed by atoms with Crippen LogP contribution >= 0.6 is 23.2 Å². The largest absolute Gasteiger partial charge is 0.493 e. The van der Waals surface area contributed by atoms with E-state index in [-0.39, 0.29) is 5.91 Å². The number of aryl methyl sites for hydroxylation is 1. The molecule has 0 saturated heterocycles. The number of hydrogen-bond donors (Lipinski definition) is 1. The minimum Gasteiger partial charge on any atom is -0.493 e. The molecular weight excluding hydrogens is 523 g/mol. The van der Waals surface area contributed by atoms with Crippen LogP contribution in [0.2, 0.25) is 10.0 Å². The summed E-state index contributed by atoms with van der Waals surface area (Å²) in [5, 5.41) is 3.92. The number of aromatic nitrogens is 1. The number of nitrogens with zero attached hydrogens (tertiary/aromatic N) is 1. The number of benzene rings is 4. The van der Waals surface area contributed by atoms with E-state index in [0.29, 0.717) is 56.4 Å². The first-order valence-corrected chi connectivity index (χ1v) is 12.7. The Bertz CT molecular complexity index is 1610. The molecule has 6 nitrogen and oxygen atoms in total. The number of carbonyl (C=O) groups excluding carboxylic acids is 1. The number of hydrogen-bond acceptors (Lipinski definition) is 5. The highest BCUT2D eigenvalue weighted by Gasteiger charge is 2.16. The third kappa shape index (κ3) is 5.62. The zero-order chi connectivity index (χ0) is 26.6. The molecule has 8 heteroatoms. The first-order chi connectivity index (χ1) is 18.4. The highest BCUT2D eigenvalue weighted by atomic mass is 35.5. The van der Waals surface area contributed by atoms with Gasteiger partial charge in [0.2, 0.25) is 5.89 Å². The molecule has 38 heavy (non-hydrogen) atoms. The van der Waals surface area contributed by atoms with Gasteiger partial charge in [0.05, 0.1) is 17.8 Å². The van der Waals surface area contributed by atoms with E-state index >= 15 is 0 Å². The van der Waals surface area contributed by atoms with Gasteiger partial charge < -0.3 is 19.2 Å². The molecule has 0 unspecified atom stereocenters. The molecule has 0 aliphatic heterocycles. The van der Waals surface area contributed by atoms with Crippen molar-refractivity contribution in [2.24, 2.45) is 0 Å². The number of fused-ring (bicyclic) bond motifs is 1. The fourth-order valence-corrected chi connectivity index (χ4v) is 4.23. The van der Waals surface area contributed by atoms with Crippen LogP contribution < -0.4 is 14.8 Å². The number of carbonyl (C=O) groups is 1. The lowest BCUT2D eigenvalue weighted by atomic mass is 10.1. The SMILES string of the molecule is CCc1ccc2oc(-c3ccc(Cl)c(NC(=O)c4ccc(OCc5ccc(Cl)cc5)c(OC)c4)c3)nc2c1. The molecule has 0 atom stereocenters. The summed E-state index contributed by atoms with van der Waals surface area (Å²) in [6.07, 6.45) is 0.912. The molecule has 5 rings (SSSR count). The fourth-order valence-electron chi connectivity index (χ4n) is 3.93. The van der Waals surface area contributed by atoms with Crippen molar-refractivity contribution in [3.8, 4) is 23.0 Å². The van der Waals surface area contributed by atoms with Gasteiger partial charge in [-0.25, -0.2) is 4.98 Å². The first kappa shape index (κ1) is 25.6. The maximum absolute atomic E-state index is 13.1. The minimum atomic E-state index is -0.350. The van der Waals surface area contributed by atoms with E-state index < -0.39 is 0 Å². The van der Waals surface area contributed by atoms with Gasteiger partial charge in [0.15, 0.2) is 17.1 Å². The van der Waals surface area contributed by atoms with Crippen molar-refractivity contribution in [3.05, 3.63) is 106 Å². The van der Waals surface area contributed by atoms with Gasteiger partial charge in [-0.3, -0.25) is 4.79 Å². The van der Waals surface area contributed by atoms with E-state index in [2.05, 4.69) is 17.2 Å². The Hall–Kier alpha value is -4.00. The van der Waals surface area contributed by atoms with Crippen molar-refractivity contribution in [2.45, 2.75) is 20.0 Å². The summed E-state index contributed by atoms with van der Waals surface area (Å²) >= 11 is 12.4. The normalized spacial score (nSPS) is 10.9. The van der Waals surface area contributed by atoms with Crippen LogP contribution in [-0.4, -0.2) is 18.0 Å². The van der Waals surface area contributed by atoms with Gasteiger partial charge in [-0.05, 0) is 78.2 Å². The molecule has 1 N–H and O–H groups in total. The van der Waals surface area contributed by atoms with Crippen LogP contribution in [0.5, 0.6) is 11.5 Å². The number of amides is 1. The molecular formula is C30H24Cl2N2O4. The van der Waals surface area contributed by atoms with E-state index in [1.165, 1.54) is 12.7 Å². The monoisotopic (exact) mass is 546 g/mol. The zero-order valence-corrected chi connectivity index (χ0v) is 22.3. The first-order valence-electron chi connectivity index (χ1n) is 12.0. The number of nitrogens with one attached hydrogen (secondary N) is 1. The lowest BCUT2D eigenvalue weighted by Crippen LogP contribution is -2.12. The van der Waals surface area contributed by atoms with Crippen LogP contribution in [0.3, 0.4) is 0 Å². The predicted octanol–water partition coefficient (Wildman–Crippen LogP) is 8.20. The van der Waals surface area contributed by atoms with Gasteiger partial charge in [0.1, 0.15) is 12.1 Å². The van der Waals surface area contributed by atoms with Crippen LogP contribution in [0.15, 0.2) is 83.3 Å². The van der Waals surface area contributed by atoms with Crippen molar-refractivity contribution in [2.75, 3.05) is 12.4 Å². The van der Waals surface area contributed by atoms with Crippen molar-refractivity contribution >= 4 is 45.9 Å². The highest BCUT2D eigenvalue weighted by molar-refractivity contribution is 6.34. The molecule has 4 aromatic carbocycles. The third-order valence-corrected chi connectivity index (χ3v) is 6.64. The average molecular weight is 547 g/mol. The van der Waals surface area contributed by atoms with Crippen LogP contribution in [-0.2, 0) is 13.0 Å². The molecule has 1 aromatic heterocycles. The Labute approximate surface area is 230 Å². The molecule has 0 spiro atoms. The van der Waals surface area contributed by atoms with E-state index in [0.717, 1.165) is 17.5 Å². The second-order valence-corrected chi connectivity index (χ2v) is 9.45. The van der Waals surface area contributed by atoms with Gasteiger partial charge in [-0.2, -0.15) is 0 Å². The average Bonchev–Trinajstić information content (AvgIpc) is 3.37. The van der Waals surface area contributed by atoms with E-state index in [4.69, 9.17) is 37.1 Å². The number of methoxy groups -OCH3 is 1. The summed E-state index contributed by atoms with van der Waals surface area (Å²) in [4.78, 5) is 17.7. The number of oxazole rings is 1. The van der Waals surface area contributed by atoms with E-state index in [9.17, 15) is 4.79 Å². The summed E-state index contributed by atoms with van der Waals surface area (Å²) in [6, 6.07) is 23.6. The molecule has 5 aromatic rings. The zero-order valence-electron chi connectivity index (χ0n) is 20.8. The van der Waals surface area contributed by atoms with E-state index in [1.807, 2.05) is 30.3 Å². The molecule has 0 saturated carbocycles. The van der Waals surface area contributed by atoms with Crippen LogP contribution in [0.1, 0.15) is 28.4 Å². The van der Waals surface area contributed by atoms with Gasteiger partial charge in [0, 0.05) is 16.1 Å². The summed E-state index contributed by atoms with van der Waals surface area (Å²) < 4.78 is 17.3. The van der Waals surface area contributed by atoms with Crippen molar-refractivity contribution in [1.82, 2.24) is 4.98 Å². The smallest absolute Gasteiger partial charge is 0.255 e. The number of rotatable bonds is 8. The lowest BCUT2D eigenvalue weighted by molar-refractivity contribution is 0.102. The Morgan fingerprint density at radius 1 is 0.921 bits per heavy atom. The quantitative estimate of drug-likeness (QED) is 0.212. The molecule has 0 aliphatic rings. The molecule has 1 heterocycles. The Morgan fingerprint density at radius 2 is 1.71 bits per heavy atom. The number of halogens is 2. The second kappa shape index (κ2) is 11.2. The molecule has 0 aliphatic carbocycles. The molecule has 0 fully saturated rings. The van der Waals surface area contributed by atoms with Crippen LogP contribution in [0, 0.1) is 0 Å². The van der Waals surface area contributed by atoms with Crippen molar-refractivity contribution < 1.29 is 18.7 Å². The topological polar surface area (TPSA) is 73.6 Å². The second-order valence-electron chi connectivity index (χ2n) is 8.60. The van der Waals surface area contributed by atoms with E-state index in [1.54, 1.807) is 48.5 Å². The summed E-state index contributed by atoms with van der Waals surface area (Å²) in [7, 11) is 1.52. The number of ether oxygens (including phenoxy) is 2. The molecule has 1 amide bonds. The lowest BCUT2D eigenvalue weighted by Gasteiger charge is -2.13. The Balaban J connectivity index is 1.33. The van der Waals surface area contributed by atoms with Gasteiger partial charge in [0.25, 0.3) is 5.91 Å². The summed E-state index contributed by atoms with van der Waals surface area (Å²) in [5.74, 6) is 1.05. The van der Waals surface area contributed by atoms with Crippen molar-refractivity contribution in [1.29, 1.82) is 0 Å². The Kier molecular flexibility index (Phi) is 7.54. The third-order valence-electron chi connectivity index (χ3n) is 6.06. The highest BCUT2D eigenvalue weighted by Crippen LogP contribution is 2.33. The van der Waals surface area contributed by atoms with Gasteiger partial charge in [-0.15, -0.1) is 0 Å². The summed E-state index contributed by atoms with van der Waals surface area (Å²) in [6.45, 7) is 2.42. The maximum Gasteiger partial charge on any atom is 0.255 e. The molecule has 0 bridgehead atoms. The van der Waals surface area contributed by atoms with Gasteiger partial charge in [-0.1, -0.05) is 48.3 Å². The van der Waals surface area contributed by atoms with Crippen LogP contribution in [0.4, 0.5) is 5.69 Å². The van der Waals surface area contributed by atoms with Crippen molar-refractivity contribution in [3.63, 3.8) is 0 Å². The summed E-state index contributed by atoms with van der Waals surface area (Å²) in [5.41, 5.74) is 5.13. The molecule has 0 radical (unpaired) electrons. The minimum absolute atomic E-state index is 0.330. The predicted molar refractivity (Wildman–Crippen MR) is 151 cm³/mol. The van der Waals surface area contributed by atoms with Crippen LogP contribution in [0.25, 0.3) is 22.6 Å². The van der Waals surface area contributed by atoms with Gasteiger partial charge >= 0.3 is 0 Å². The number of anilines is 1.